The van der Waals surface area contributed by atoms with Gasteiger partial charge in [0, 0.05) is 5.41 Å². The highest BCUT2D eigenvalue weighted by molar-refractivity contribution is 7.92. The van der Waals surface area contributed by atoms with Crippen molar-refractivity contribution >= 4 is 22.1 Å². The van der Waals surface area contributed by atoms with Gasteiger partial charge in [0.25, 0.3) is 0 Å². The van der Waals surface area contributed by atoms with Crippen LogP contribution in [0.1, 0.15) is 25.8 Å². The molecule has 0 aliphatic heterocycles. The van der Waals surface area contributed by atoms with E-state index >= 15 is 0 Å². The number of hydrogen-bond donors (Lipinski definition) is 2. The van der Waals surface area contributed by atoms with E-state index in [1.807, 2.05) is 19.9 Å². The van der Waals surface area contributed by atoms with Crippen LogP contribution in [-0.2, 0) is 14.8 Å². The molecule has 0 heterocycles. The maximum absolute atomic E-state index is 11.8. The number of rotatable bonds is 7. The molecule has 0 aliphatic rings. The quantitative estimate of drug-likeness (QED) is 0.807. The Kier molecular flexibility index (Phi) is 5.91. The molecule has 1 aromatic carbocycles. The third-order valence-electron chi connectivity index (χ3n) is 2.55. The number of benzene rings is 1. The van der Waals surface area contributed by atoms with Crippen molar-refractivity contribution in [3.05, 3.63) is 41.3 Å². The number of nitrogens with one attached hydrogen (secondary N) is 1. The first-order valence-corrected chi connectivity index (χ1v) is 7.83. The van der Waals surface area contributed by atoms with Gasteiger partial charge in [0.15, 0.2) is 0 Å². The van der Waals surface area contributed by atoms with E-state index in [9.17, 15) is 13.2 Å². The van der Waals surface area contributed by atoms with Crippen LogP contribution in [0.4, 0.5) is 0 Å². The second kappa shape index (κ2) is 7.21. The van der Waals surface area contributed by atoms with Gasteiger partial charge < -0.3 is 5.11 Å². The number of hydrogen-bond acceptors (Lipinski definition) is 3. The molecule has 0 saturated heterocycles. The number of carbonyl (C=O) groups is 1. The lowest BCUT2D eigenvalue weighted by atomic mass is 10.1. The number of carboxylic acids is 1. The summed E-state index contributed by atoms with van der Waals surface area (Å²) in [5.74, 6) is -1.09. The molecule has 0 saturated carbocycles. The molecule has 6 heteroatoms. The SMILES string of the molecule is CC(C)C[C@@H](NS(=O)(=O)C=Cc1ccccc1)C(=O)O. The minimum Gasteiger partial charge on any atom is -0.480 e. The van der Waals surface area contributed by atoms with Gasteiger partial charge in [-0.1, -0.05) is 44.2 Å². The molecular formula is C14H19NO4S. The lowest BCUT2D eigenvalue weighted by molar-refractivity contribution is -0.139. The molecule has 5 nitrogen and oxygen atoms in total. The zero-order valence-electron chi connectivity index (χ0n) is 11.5. The van der Waals surface area contributed by atoms with Gasteiger partial charge >= 0.3 is 5.97 Å². The second-order valence-corrected chi connectivity index (χ2v) is 6.49. The maximum Gasteiger partial charge on any atom is 0.321 e. The fraction of sp³-hybridized carbons (Fsp3) is 0.357. The van der Waals surface area contributed by atoms with E-state index in [0.29, 0.717) is 0 Å². The van der Waals surface area contributed by atoms with Crippen molar-refractivity contribution in [3.63, 3.8) is 0 Å². The molecule has 1 aromatic rings. The molecule has 0 aromatic heterocycles. The first-order valence-electron chi connectivity index (χ1n) is 6.28. The highest BCUT2D eigenvalue weighted by Gasteiger charge is 2.23. The standard InChI is InChI=1S/C14H19NO4S/c1-11(2)10-13(14(16)17)15-20(18,19)9-8-12-6-4-3-5-7-12/h3-9,11,13,15H,10H2,1-2H3,(H,16,17)/t13-/m1/s1. The molecule has 110 valence electrons. The number of sulfonamides is 1. The van der Waals surface area contributed by atoms with E-state index in [1.165, 1.54) is 6.08 Å². The summed E-state index contributed by atoms with van der Waals surface area (Å²) in [5, 5.41) is 10.0. The molecule has 0 radical (unpaired) electrons. The fourth-order valence-electron chi connectivity index (χ4n) is 1.64. The molecule has 1 rings (SSSR count). The first-order chi connectivity index (χ1) is 9.30. The van der Waals surface area contributed by atoms with Crippen LogP contribution in [0.5, 0.6) is 0 Å². The van der Waals surface area contributed by atoms with Crippen LogP contribution in [0.3, 0.4) is 0 Å². The first kappa shape index (κ1) is 16.4. The summed E-state index contributed by atoms with van der Waals surface area (Å²) in [6.07, 6.45) is 1.67. The minimum absolute atomic E-state index is 0.0805. The molecule has 0 unspecified atom stereocenters. The Hall–Kier alpha value is -1.66. The maximum atomic E-state index is 11.8. The molecule has 0 amide bonds. The summed E-state index contributed by atoms with van der Waals surface area (Å²) in [6, 6.07) is 7.81. The minimum atomic E-state index is -3.78. The van der Waals surface area contributed by atoms with E-state index < -0.39 is 22.0 Å². The Labute approximate surface area is 119 Å². The van der Waals surface area contributed by atoms with Crippen molar-refractivity contribution in [2.45, 2.75) is 26.3 Å². The summed E-state index contributed by atoms with van der Waals surface area (Å²) in [4.78, 5) is 11.0. The molecule has 1 atom stereocenters. The topological polar surface area (TPSA) is 83.5 Å². The zero-order valence-corrected chi connectivity index (χ0v) is 12.3. The Bertz CT molecular complexity index is 564. The molecule has 0 bridgehead atoms. The third kappa shape index (κ3) is 5.99. The van der Waals surface area contributed by atoms with Crippen LogP contribution in [0.15, 0.2) is 35.7 Å². The summed E-state index contributed by atoms with van der Waals surface area (Å²) in [5.41, 5.74) is 0.730. The average Bonchev–Trinajstić information content (AvgIpc) is 2.36. The van der Waals surface area contributed by atoms with Gasteiger partial charge in [0.1, 0.15) is 6.04 Å². The van der Waals surface area contributed by atoms with E-state index in [4.69, 9.17) is 5.11 Å². The van der Waals surface area contributed by atoms with Crippen LogP contribution in [-0.4, -0.2) is 25.5 Å². The highest BCUT2D eigenvalue weighted by atomic mass is 32.2. The predicted octanol–water partition coefficient (Wildman–Crippen LogP) is 2.08. The lowest BCUT2D eigenvalue weighted by Crippen LogP contribution is -2.40. The molecule has 20 heavy (non-hydrogen) atoms. The summed E-state index contributed by atoms with van der Waals surface area (Å²) < 4.78 is 25.9. The smallest absolute Gasteiger partial charge is 0.321 e. The van der Waals surface area contributed by atoms with Crippen molar-refractivity contribution < 1.29 is 18.3 Å². The largest absolute Gasteiger partial charge is 0.480 e. The van der Waals surface area contributed by atoms with Crippen molar-refractivity contribution in [1.82, 2.24) is 4.72 Å². The van der Waals surface area contributed by atoms with Gasteiger partial charge in [0.05, 0.1) is 0 Å². The van der Waals surface area contributed by atoms with Gasteiger partial charge in [-0.2, -0.15) is 4.72 Å². The van der Waals surface area contributed by atoms with E-state index in [-0.39, 0.29) is 12.3 Å². The highest BCUT2D eigenvalue weighted by Crippen LogP contribution is 2.08. The monoisotopic (exact) mass is 297 g/mol. The number of aliphatic carboxylic acids is 1. The zero-order chi connectivity index (χ0) is 15.2. The van der Waals surface area contributed by atoms with Crippen molar-refractivity contribution in [2.24, 2.45) is 5.92 Å². The Morgan fingerprint density at radius 2 is 1.90 bits per heavy atom. The third-order valence-corrected chi connectivity index (χ3v) is 3.66. The van der Waals surface area contributed by atoms with E-state index in [1.54, 1.807) is 24.3 Å². The summed E-state index contributed by atoms with van der Waals surface area (Å²) in [6.45, 7) is 3.67. The summed E-state index contributed by atoms with van der Waals surface area (Å²) >= 11 is 0. The second-order valence-electron chi connectivity index (χ2n) is 4.90. The summed E-state index contributed by atoms with van der Waals surface area (Å²) in [7, 11) is -3.78. The fourth-order valence-corrected chi connectivity index (χ4v) is 2.65. The van der Waals surface area contributed by atoms with Gasteiger partial charge in [-0.25, -0.2) is 8.42 Å². The van der Waals surface area contributed by atoms with Crippen LogP contribution in [0.25, 0.3) is 6.08 Å². The predicted molar refractivity (Wildman–Crippen MR) is 78.4 cm³/mol. The Morgan fingerprint density at radius 1 is 1.30 bits per heavy atom. The van der Waals surface area contributed by atoms with E-state index in [2.05, 4.69) is 4.72 Å². The van der Waals surface area contributed by atoms with Gasteiger partial charge in [-0.15, -0.1) is 0 Å². The molecular weight excluding hydrogens is 278 g/mol. The molecule has 0 aliphatic carbocycles. The van der Waals surface area contributed by atoms with Crippen LogP contribution in [0, 0.1) is 5.92 Å². The van der Waals surface area contributed by atoms with Crippen LogP contribution < -0.4 is 4.72 Å². The van der Waals surface area contributed by atoms with Gasteiger partial charge in [0.2, 0.25) is 10.0 Å². The van der Waals surface area contributed by atoms with E-state index in [0.717, 1.165) is 11.0 Å². The van der Waals surface area contributed by atoms with Gasteiger partial charge in [-0.3, -0.25) is 4.79 Å². The normalized spacial score (nSPS) is 13.8. The molecule has 0 spiro atoms. The lowest BCUT2D eigenvalue weighted by Gasteiger charge is -2.15. The number of carboxylic acid groups (broad SMARTS) is 1. The van der Waals surface area contributed by atoms with Crippen molar-refractivity contribution in [2.75, 3.05) is 0 Å². The van der Waals surface area contributed by atoms with Crippen molar-refractivity contribution in [1.29, 1.82) is 0 Å². The molecule has 2 N–H and O–H groups in total. The Balaban J connectivity index is 2.78. The van der Waals surface area contributed by atoms with Gasteiger partial charge in [-0.05, 0) is 24.0 Å². The average molecular weight is 297 g/mol. The molecule has 0 fully saturated rings. The van der Waals surface area contributed by atoms with Crippen LogP contribution in [0.2, 0.25) is 0 Å². The van der Waals surface area contributed by atoms with Crippen molar-refractivity contribution in [3.8, 4) is 0 Å². The Morgan fingerprint density at radius 3 is 2.40 bits per heavy atom. The van der Waals surface area contributed by atoms with Crippen LogP contribution >= 0.6 is 0 Å².